The van der Waals surface area contributed by atoms with Gasteiger partial charge in [0.15, 0.2) is 0 Å². The molecule has 0 spiro atoms. The number of ether oxygens (including phenoxy) is 1. The molecule has 1 heterocycles. The third-order valence-electron chi connectivity index (χ3n) is 2.49. The van der Waals surface area contributed by atoms with Gasteiger partial charge < -0.3 is 4.74 Å². The summed E-state index contributed by atoms with van der Waals surface area (Å²) in [6.07, 6.45) is 1.95. The minimum Gasteiger partial charge on any atom is -0.478 e. The third kappa shape index (κ3) is 4.00. The maximum Gasteiger partial charge on any atom is 0.218 e. The molecule has 0 fully saturated rings. The summed E-state index contributed by atoms with van der Waals surface area (Å²) in [6.45, 7) is 2.42. The first-order valence-electron chi connectivity index (χ1n) is 5.92. The van der Waals surface area contributed by atoms with Gasteiger partial charge in [0.05, 0.1) is 6.61 Å². The predicted octanol–water partition coefficient (Wildman–Crippen LogP) is 3.45. The van der Waals surface area contributed by atoms with Crippen LogP contribution < -0.4 is 4.74 Å². The lowest BCUT2D eigenvalue weighted by atomic mass is 10.1. The number of aromatic nitrogens is 2. The quantitative estimate of drug-likeness (QED) is 0.611. The molecule has 18 heavy (non-hydrogen) atoms. The fraction of sp³-hybridized carbons (Fsp3) is 0.286. The molecule has 4 heteroatoms. The molecule has 0 unspecified atom stereocenters. The van der Waals surface area contributed by atoms with Crippen LogP contribution in [0.2, 0.25) is 5.15 Å². The van der Waals surface area contributed by atoms with Crippen molar-refractivity contribution in [3.63, 3.8) is 0 Å². The molecular weight excluding hydrogens is 248 g/mol. The van der Waals surface area contributed by atoms with E-state index in [0.29, 0.717) is 23.5 Å². The van der Waals surface area contributed by atoms with Crippen LogP contribution in [0, 0.1) is 6.92 Å². The molecule has 0 amide bonds. The third-order valence-corrected chi connectivity index (χ3v) is 2.68. The van der Waals surface area contributed by atoms with Gasteiger partial charge >= 0.3 is 0 Å². The van der Waals surface area contributed by atoms with Crippen LogP contribution in [0.15, 0.2) is 36.4 Å². The molecule has 0 radical (unpaired) electrons. The van der Waals surface area contributed by atoms with Crippen molar-refractivity contribution in [1.82, 2.24) is 9.97 Å². The smallest absolute Gasteiger partial charge is 0.218 e. The Bertz CT molecular complexity index is 482. The van der Waals surface area contributed by atoms with Gasteiger partial charge in [0, 0.05) is 6.07 Å². The highest BCUT2D eigenvalue weighted by molar-refractivity contribution is 6.29. The maximum absolute atomic E-state index is 5.83. The minimum absolute atomic E-state index is 0.417. The maximum atomic E-state index is 5.83. The molecule has 2 aromatic rings. The van der Waals surface area contributed by atoms with Crippen molar-refractivity contribution in [3.05, 3.63) is 52.9 Å². The average molecular weight is 263 g/mol. The van der Waals surface area contributed by atoms with Crippen molar-refractivity contribution in [3.8, 4) is 5.88 Å². The van der Waals surface area contributed by atoms with Crippen molar-refractivity contribution in [2.45, 2.75) is 19.8 Å². The van der Waals surface area contributed by atoms with E-state index in [1.165, 1.54) is 5.56 Å². The van der Waals surface area contributed by atoms with E-state index in [1.807, 2.05) is 18.2 Å². The van der Waals surface area contributed by atoms with Gasteiger partial charge in [-0.3, -0.25) is 0 Å². The summed E-state index contributed by atoms with van der Waals surface area (Å²) in [5.74, 6) is 1.17. The van der Waals surface area contributed by atoms with E-state index >= 15 is 0 Å². The van der Waals surface area contributed by atoms with Gasteiger partial charge in [-0.2, -0.15) is 4.98 Å². The van der Waals surface area contributed by atoms with Crippen molar-refractivity contribution in [1.29, 1.82) is 0 Å². The molecule has 0 aliphatic rings. The van der Waals surface area contributed by atoms with Gasteiger partial charge in [-0.25, -0.2) is 4.98 Å². The summed E-state index contributed by atoms with van der Waals surface area (Å²) in [5.41, 5.74) is 1.32. The lowest BCUT2D eigenvalue weighted by Crippen LogP contribution is -2.02. The highest BCUT2D eigenvalue weighted by Crippen LogP contribution is 2.13. The summed E-state index contributed by atoms with van der Waals surface area (Å²) in [7, 11) is 0. The van der Waals surface area contributed by atoms with Crippen molar-refractivity contribution < 1.29 is 4.74 Å². The summed E-state index contributed by atoms with van der Waals surface area (Å²) in [4.78, 5) is 8.15. The van der Waals surface area contributed by atoms with Crippen LogP contribution in [0.1, 0.15) is 17.8 Å². The number of halogens is 1. The van der Waals surface area contributed by atoms with Crippen LogP contribution in [0.4, 0.5) is 0 Å². The van der Waals surface area contributed by atoms with E-state index in [0.717, 1.165) is 12.8 Å². The highest BCUT2D eigenvalue weighted by atomic mass is 35.5. The highest BCUT2D eigenvalue weighted by Gasteiger charge is 2.00. The predicted molar refractivity (Wildman–Crippen MR) is 72.0 cm³/mol. The second kappa shape index (κ2) is 6.36. The molecule has 1 aromatic heterocycles. The standard InChI is InChI=1S/C14H15ClN2O/c1-11-16-13(15)10-14(17-11)18-9-5-8-12-6-3-2-4-7-12/h2-4,6-7,10H,5,8-9H2,1H3. The molecule has 0 N–H and O–H groups in total. The lowest BCUT2D eigenvalue weighted by molar-refractivity contribution is 0.298. The summed E-state index contributed by atoms with van der Waals surface area (Å²) in [5, 5.41) is 0.417. The number of benzene rings is 1. The molecular formula is C14H15ClN2O. The first-order chi connectivity index (χ1) is 8.74. The van der Waals surface area contributed by atoms with Gasteiger partial charge in [0.1, 0.15) is 11.0 Å². The molecule has 0 saturated carbocycles. The van der Waals surface area contributed by atoms with Crippen LogP contribution in [0.3, 0.4) is 0 Å². The normalized spacial score (nSPS) is 10.3. The fourth-order valence-electron chi connectivity index (χ4n) is 1.68. The Morgan fingerprint density at radius 3 is 2.67 bits per heavy atom. The molecule has 94 valence electrons. The first kappa shape index (κ1) is 12.8. The molecule has 2 rings (SSSR count). The summed E-state index contributed by atoms with van der Waals surface area (Å²) >= 11 is 5.83. The van der Waals surface area contributed by atoms with Crippen molar-refractivity contribution >= 4 is 11.6 Å². The van der Waals surface area contributed by atoms with Crippen molar-refractivity contribution in [2.75, 3.05) is 6.61 Å². The zero-order valence-corrected chi connectivity index (χ0v) is 11.0. The van der Waals surface area contributed by atoms with E-state index in [-0.39, 0.29) is 0 Å². The van der Waals surface area contributed by atoms with Crippen LogP contribution in [-0.4, -0.2) is 16.6 Å². The van der Waals surface area contributed by atoms with Gasteiger partial charge in [0.2, 0.25) is 5.88 Å². The van der Waals surface area contributed by atoms with Crippen LogP contribution >= 0.6 is 11.6 Å². The van der Waals surface area contributed by atoms with Gasteiger partial charge in [0.25, 0.3) is 0 Å². The van der Waals surface area contributed by atoms with Gasteiger partial charge in [-0.15, -0.1) is 0 Å². The van der Waals surface area contributed by atoms with Crippen LogP contribution in [0.25, 0.3) is 0 Å². The van der Waals surface area contributed by atoms with Crippen LogP contribution in [-0.2, 0) is 6.42 Å². The SMILES string of the molecule is Cc1nc(Cl)cc(OCCCc2ccccc2)n1. The number of hydrogen-bond acceptors (Lipinski definition) is 3. The molecule has 0 saturated heterocycles. The van der Waals surface area contributed by atoms with E-state index < -0.39 is 0 Å². The zero-order chi connectivity index (χ0) is 12.8. The number of nitrogens with zero attached hydrogens (tertiary/aromatic N) is 2. The molecule has 0 aliphatic carbocycles. The second-order valence-electron chi connectivity index (χ2n) is 4.01. The van der Waals surface area contributed by atoms with E-state index in [1.54, 1.807) is 13.0 Å². The summed E-state index contributed by atoms with van der Waals surface area (Å²) < 4.78 is 5.55. The Kier molecular flexibility index (Phi) is 4.53. The second-order valence-corrected chi connectivity index (χ2v) is 4.40. The fourth-order valence-corrected chi connectivity index (χ4v) is 1.89. The Morgan fingerprint density at radius 2 is 1.94 bits per heavy atom. The lowest BCUT2D eigenvalue weighted by Gasteiger charge is -2.06. The molecule has 3 nitrogen and oxygen atoms in total. The molecule has 0 atom stereocenters. The average Bonchev–Trinajstić information content (AvgIpc) is 2.35. The van der Waals surface area contributed by atoms with Crippen molar-refractivity contribution in [2.24, 2.45) is 0 Å². The van der Waals surface area contributed by atoms with Gasteiger partial charge in [-0.05, 0) is 25.3 Å². The largest absolute Gasteiger partial charge is 0.478 e. The first-order valence-corrected chi connectivity index (χ1v) is 6.30. The number of hydrogen-bond donors (Lipinski definition) is 0. The Balaban J connectivity index is 1.78. The van der Waals surface area contributed by atoms with E-state index in [4.69, 9.17) is 16.3 Å². The number of aryl methyl sites for hydroxylation is 2. The molecule has 0 aliphatic heterocycles. The summed E-state index contributed by atoms with van der Waals surface area (Å²) in [6, 6.07) is 12.0. The van der Waals surface area contributed by atoms with Gasteiger partial charge in [-0.1, -0.05) is 41.9 Å². The Labute approximate surface area is 112 Å². The Morgan fingerprint density at radius 1 is 1.17 bits per heavy atom. The molecule has 0 bridgehead atoms. The topological polar surface area (TPSA) is 35.0 Å². The van der Waals surface area contributed by atoms with Crippen LogP contribution in [0.5, 0.6) is 5.88 Å². The van der Waals surface area contributed by atoms with E-state index in [2.05, 4.69) is 22.1 Å². The minimum atomic E-state index is 0.417. The Hall–Kier alpha value is -1.61. The zero-order valence-electron chi connectivity index (χ0n) is 10.3. The number of rotatable bonds is 5. The van der Waals surface area contributed by atoms with E-state index in [9.17, 15) is 0 Å². The monoisotopic (exact) mass is 262 g/mol. The molecule has 1 aromatic carbocycles.